The maximum atomic E-state index is 12.2. The van der Waals surface area contributed by atoms with E-state index in [1.54, 1.807) is 32.9 Å². The molecule has 0 fully saturated rings. The second-order valence-corrected chi connectivity index (χ2v) is 5.90. The zero-order chi connectivity index (χ0) is 14.2. The van der Waals surface area contributed by atoms with Gasteiger partial charge in [0.05, 0.1) is 5.52 Å². The number of ether oxygens (including phenoxy) is 1. The van der Waals surface area contributed by atoms with Gasteiger partial charge in [-0.1, -0.05) is 18.2 Å². The predicted molar refractivity (Wildman–Crippen MR) is 76.8 cm³/mol. The fraction of sp³-hybridized carbons (Fsp3) is 0.286. The third-order valence-electron chi connectivity index (χ3n) is 2.49. The first kappa shape index (κ1) is 13.8. The maximum Gasteiger partial charge on any atom is 0.419 e. The fourth-order valence-electron chi connectivity index (χ4n) is 1.80. The first-order valence-corrected chi connectivity index (χ1v) is 6.62. The smallest absolute Gasteiger partial charge is 0.419 e. The van der Waals surface area contributed by atoms with E-state index in [1.165, 1.54) is 4.57 Å². The molecule has 0 saturated heterocycles. The van der Waals surface area contributed by atoms with Crippen LogP contribution in [0, 0.1) is 0 Å². The molecule has 0 atom stereocenters. The molecule has 0 unspecified atom stereocenters. The fourth-order valence-corrected chi connectivity index (χ4v) is 2.10. The van der Waals surface area contributed by atoms with Gasteiger partial charge < -0.3 is 4.74 Å². The monoisotopic (exact) mass is 323 g/mol. The number of benzene rings is 1. The highest BCUT2D eigenvalue weighted by atomic mass is 79.9. The van der Waals surface area contributed by atoms with Crippen LogP contribution in [0.4, 0.5) is 4.79 Å². The Morgan fingerprint density at radius 1 is 1.21 bits per heavy atom. The molecule has 1 aromatic carbocycles. The molecule has 0 amide bonds. The van der Waals surface area contributed by atoms with Gasteiger partial charge in [-0.2, -0.15) is 0 Å². The molecule has 4 nitrogen and oxygen atoms in total. The number of para-hydroxylation sites is 1. The molecule has 0 aliphatic rings. The normalized spacial score (nSPS) is 11.6. The average Bonchev–Trinajstić information content (AvgIpc) is 2.65. The summed E-state index contributed by atoms with van der Waals surface area (Å²) < 4.78 is 6.27. The van der Waals surface area contributed by atoms with Crippen molar-refractivity contribution in [3.8, 4) is 0 Å². The maximum absolute atomic E-state index is 12.2. The van der Waals surface area contributed by atoms with Crippen LogP contribution in [0.25, 0.3) is 10.9 Å². The average molecular weight is 324 g/mol. The van der Waals surface area contributed by atoms with E-state index in [4.69, 9.17) is 4.74 Å². The van der Waals surface area contributed by atoms with Gasteiger partial charge in [-0.05, 0) is 48.8 Å². The molecule has 0 saturated carbocycles. The highest BCUT2D eigenvalue weighted by Crippen LogP contribution is 2.23. The third-order valence-corrected chi connectivity index (χ3v) is 2.89. The topological polar surface area (TPSA) is 48.3 Å². The number of carbonyl (C=O) groups excluding carboxylic acids is 2. The van der Waals surface area contributed by atoms with Crippen LogP contribution in [0.2, 0.25) is 0 Å². The quantitative estimate of drug-likeness (QED) is 0.746. The molecular weight excluding hydrogens is 310 g/mol. The van der Waals surface area contributed by atoms with Crippen LogP contribution in [0.5, 0.6) is 0 Å². The lowest BCUT2D eigenvalue weighted by molar-refractivity contribution is 0.0538. The molecule has 5 heteroatoms. The van der Waals surface area contributed by atoms with Crippen molar-refractivity contribution < 1.29 is 14.3 Å². The summed E-state index contributed by atoms with van der Waals surface area (Å²) in [5.74, 6) is 0. The Hall–Kier alpha value is -1.62. The van der Waals surface area contributed by atoms with E-state index in [9.17, 15) is 9.59 Å². The molecule has 2 rings (SSSR count). The van der Waals surface area contributed by atoms with E-state index in [0.717, 1.165) is 5.39 Å². The molecular formula is C14H14BrNO3. The summed E-state index contributed by atoms with van der Waals surface area (Å²) in [5, 5.41) is 0.816. The molecule has 19 heavy (non-hydrogen) atoms. The van der Waals surface area contributed by atoms with Crippen LogP contribution in [0.1, 0.15) is 31.3 Å². The number of nitrogens with zero attached hydrogens (tertiary/aromatic N) is 1. The Kier molecular flexibility index (Phi) is 3.49. The van der Waals surface area contributed by atoms with E-state index in [-0.39, 0.29) is 10.4 Å². The molecule has 1 aromatic heterocycles. The van der Waals surface area contributed by atoms with Gasteiger partial charge >= 0.3 is 6.09 Å². The summed E-state index contributed by atoms with van der Waals surface area (Å²) in [4.78, 5) is 23.8. The Morgan fingerprint density at radius 2 is 1.84 bits per heavy atom. The Morgan fingerprint density at radius 3 is 2.42 bits per heavy atom. The summed E-state index contributed by atoms with van der Waals surface area (Å²) in [7, 11) is 0. The van der Waals surface area contributed by atoms with Crippen molar-refractivity contribution in [2.75, 3.05) is 0 Å². The standard InChI is InChI=1S/C14H14BrNO3/c1-14(2,3)19-13(18)16-10-7-5-4-6-9(10)8-11(16)12(15)17/h4-8H,1-3H3. The first-order chi connectivity index (χ1) is 8.79. The van der Waals surface area contributed by atoms with Crippen LogP contribution in [0.15, 0.2) is 30.3 Å². The largest absolute Gasteiger partial charge is 0.443 e. The lowest BCUT2D eigenvalue weighted by Gasteiger charge is -2.20. The van der Waals surface area contributed by atoms with Gasteiger partial charge in [0.2, 0.25) is 4.69 Å². The van der Waals surface area contributed by atoms with Gasteiger partial charge in [0.25, 0.3) is 0 Å². The van der Waals surface area contributed by atoms with Gasteiger partial charge in [0, 0.05) is 5.39 Å². The summed E-state index contributed by atoms with van der Waals surface area (Å²) in [6.45, 7) is 5.35. The van der Waals surface area contributed by atoms with E-state index in [0.29, 0.717) is 5.52 Å². The summed E-state index contributed by atoms with van der Waals surface area (Å²) >= 11 is 2.89. The Balaban J connectivity index is 2.60. The molecule has 0 spiro atoms. The van der Waals surface area contributed by atoms with Crippen LogP contribution < -0.4 is 0 Å². The minimum atomic E-state index is -0.616. The summed E-state index contributed by atoms with van der Waals surface area (Å²) in [6, 6.07) is 8.95. The van der Waals surface area contributed by atoms with E-state index < -0.39 is 11.7 Å². The number of halogens is 1. The number of carbonyl (C=O) groups is 2. The Labute approximate surface area is 119 Å². The second kappa shape index (κ2) is 4.81. The van der Waals surface area contributed by atoms with Gasteiger partial charge in [-0.25, -0.2) is 9.36 Å². The van der Waals surface area contributed by atoms with E-state index in [2.05, 4.69) is 15.9 Å². The van der Waals surface area contributed by atoms with Crippen LogP contribution >= 0.6 is 15.9 Å². The van der Waals surface area contributed by atoms with Gasteiger partial charge in [0.1, 0.15) is 11.3 Å². The van der Waals surface area contributed by atoms with Crippen molar-refractivity contribution in [3.63, 3.8) is 0 Å². The van der Waals surface area contributed by atoms with Crippen molar-refractivity contribution >= 4 is 37.6 Å². The van der Waals surface area contributed by atoms with Crippen LogP contribution in [0.3, 0.4) is 0 Å². The first-order valence-electron chi connectivity index (χ1n) is 5.83. The molecule has 1 heterocycles. The molecule has 100 valence electrons. The zero-order valence-corrected chi connectivity index (χ0v) is 12.5. The summed E-state index contributed by atoms with van der Waals surface area (Å²) in [6.07, 6.45) is -0.559. The van der Waals surface area contributed by atoms with Gasteiger partial charge in [-0.15, -0.1) is 0 Å². The minimum absolute atomic E-state index is 0.260. The lowest BCUT2D eigenvalue weighted by Crippen LogP contribution is -2.28. The van der Waals surface area contributed by atoms with Crippen molar-refractivity contribution in [2.24, 2.45) is 0 Å². The number of fused-ring (bicyclic) bond motifs is 1. The number of rotatable bonds is 1. The Bertz CT molecular complexity index is 652. The summed E-state index contributed by atoms with van der Waals surface area (Å²) in [5.41, 5.74) is 0.296. The number of hydrogen-bond acceptors (Lipinski definition) is 3. The van der Waals surface area contributed by atoms with Crippen molar-refractivity contribution in [1.29, 1.82) is 0 Å². The second-order valence-electron chi connectivity index (χ2n) is 5.18. The molecule has 2 aromatic rings. The van der Waals surface area contributed by atoms with Crippen LogP contribution in [-0.2, 0) is 4.74 Å². The van der Waals surface area contributed by atoms with Crippen molar-refractivity contribution in [2.45, 2.75) is 26.4 Å². The van der Waals surface area contributed by atoms with E-state index >= 15 is 0 Å². The highest BCUT2D eigenvalue weighted by Gasteiger charge is 2.23. The van der Waals surface area contributed by atoms with Crippen molar-refractivity contribution in [3.05, 3.63) is 36.0 Å². The minimum Gasteiger partial charge on any atom is -0.443 e. The third kappa shape index (κ3) is 2.87. The zero-order valence-electron chi connectivity index (χ0n) is 10.9. The molecule has 0 aliphatic carbocycles. The molecule has 0 aliphatic heterocycles. The van der Waals surface area contributed by atoms with Gasteiger partial charge in [0.15, 0.2) is 0 Å². The number of hydrogen-bond donors (Lipinski definition) is 0. The highest BCUT2D eigenvalue weighted by molar-refractivity contribution is 9.18. The van der Waals surface area contributed by atoms with E-state index in [1.807, 2.05) is 18.2 Å². The molecule has 0 N–H and O–H groups in total. The molecule has 0 bridgehead atoms. The van der Waals surface area contributed by atoms with Gasteiger partial charge in [-0.3, -0.25) is 4.79 Å². The lowest BCUT2D eigenvalue weighted by atomic mass is 10.2. The predicted octanol–water partition coefficient (Wildman–Crippen LogP) is 3.96. The van der Waals surface area contributed by atoms with Crippen LogP contribution in [-0.4, -0.2) is 21.0 Å². The molecule has 0 radical (unpaired) electrons. The van der Waals surface area contributed by atoms with Crippen molar-refractivity contribution in [1.82, 2.24) is 4.57 Å². The SMILES string of the molecule is CC(C)(C)OC(=O)n1c(C(=O)Br)cc2ccccc21. The number of aromatic nitrogens is 1.